The highest BCUT2D eigenvalue weighted by Gasteiger charge is 2.48. The number of aromatic nitrogens is 3. The van der Waals surface area contributed by atoms with Crippen LogP contribution in [0.4, 0.5) is 5.69 Å². The van der Waals surface area contributed by atoms with E-state index < -0.39 is 26.8 Å². The predicted molar refractivity (Wildman–Crippen MR) is 173 cm³/mol. The van der Waals surface area contributed by atoms with E-state index in [4.69, 9.17) is 16.3 Å². The lowest BCUT2D eigenvalue weighted by molar-refractivity contribution is -0.0528. The SMILES string of the molecule is C[C@@H]1[C@@H](C)C/C=C/[C@@](O)(c2cn[nH]n2)[C@@H]2CC[C@H]2CN2CCCCc3cc(Cl)ccc3COc3ccc(cc32)C(=O)NS1(=O)=O. The van der Waals surface area contributed by atoms with Crippen LogP contribution in [0, 0.1) is 17.8 Å². The van der Waals surface area contributed by atoms with Crippen LogP contribution < -0.4 is 14.4 Å². The smallest absolute Gasteiger partial charge is 0.264 e. The van der Waals surface area contributed by atoms with Crippen LogP contribution in [-0.4, -0.2) is 53.2 Å². The van der Waals surface area contributed by atoms with Crippen LogP contribution in [0.2, 0.25) is 5.02 Å². The fourth-order valence-electron chi connectivity index (χ4n) is 6.76. The fraction of sp³-hybridized carbons (Fsp3) is 0.485. The molecule has 2 aliphatic heterocycles. The number of H-pyrrole nitrogens is 1. The van der Waals surface area contributed by atoms with Gasteiger partial charge in [0.2, 0.25) is 10.0 Å². The van der Waals surface area contributed by atoms with Crippen molar-refractivity contribution in [3.63, 3.8) is 0 Å². The van der Waals surface area contributed by atoms with Crippen LogP contribution in [-0.2, 0) is 28.7 Å². The molecule has 3 heterocycles. The first-order chi connectivity index (χ1) is 21.5. The summed E-state index contributed by atoms with van der Waals surface area (Å²) in [5.41, 5.74) is 2.22. The number of anilines is 1. The first-order valence-corrected chi connectivity index (χ1v) is 17.6. The van der Waals surface area contributed by atoms with Crippen molar-refractivity contribution in [1.29, 1.82) is 0 Å². The number of carbonyl (C=O) groups excluding carboxylic acids is 1. The van der Waals surface area contributed by atoms with Gasteiger partial charge in [0.15, 0.2) is 0 Å². The molecule has 3 N–H and O–H groups in total. The van der Waals surface area contributed by atoms with Gasteiger partial charge in [0.1, 0.15) is 23.7 Å². The van der Waals surface area contributed by atoms with E-state index in [1.54, 1.807) is 37.4 Å². The van der Waals surface area contributed by atoms with E-state index in [0.29, 0.717) is 42.6 Å². The van der Waals surface area contributed by atoms with E-state index in [9.17, 15) is 18.3 Å². The number of nitrogens with zero attached hydrogens (tertiary/aromatic N) is 3. The maximum absolute atomic E-state index is 13.4. The van der Waals surface area contributed by atoms with Crippen LogP contribution >= 0.6 is 11.6 Å². The lowest BCUT2D eigenvalue weighted by Crippen LogP contribution is -2.48. The van der Waals surface area contributed by atoms with Crippen LogP contribution in [0.1, 0.15) is 73.1 Å². The maximum atomic E-state index is 13.4. The molecule has 0 unspecified atom stereocenters. The Labute approximate surface area is 269 Å². The molecule has 0 spiro atoms. The van der Waals surface area contributed by atoms with Gasteiger partial charge in [-0.3, -0.25) is 4.79 Å². The third-order valence-corrected chi connectivity index (χ3v) is 12.1. The predicted octanol–water partition coefficient (Wildman–Crippen LogP) is 5.14. The maximum Gasteiger partial charge on any atom is 0.264 e. The molecule has 2 aromatic carbocycles. The number of hydrogen-bond donors (Lipinski definition) is 3. The van der Waals surface area contributed by atoms with Crippen LogP contribution in [0.25, 0.3) is 0 Å². The largest absolute Gasteiger partial charge is 0.487 e. The van der Waals surface area contributed by atoms with Crippen molar-refractivity contribution in [2.75, 3.05) is 18.0 Å². The highest BCUT2D eigenvalue weighted by molar-refractivity contribution is 7.90. The summed E-state index contributed by atoms with van der Waals surface area (Å²) < 4.78 is 35.4. The van der Waals surface area contributed by atoms with Crippen molar-refractivity contribution in [2.24, 2.45) is 17.8 Å². The second-order valence-corrected chi connectivity index (χ2v) is 15.2. The van der Waals surface area contributed by atoms with E-state index in [-0.39, 0.29) is 23.3 Å². The van der Waals surface area contributed by atoms with Gasteiger partial charge in [-0.2, -0.15) is 15.4 Å². The Morgan fingerprint density at radius 1 is 1.11 bits per heavy atom. The zero-order valence-electron chi connectivity index (χ0n) is 25.6. The molecule has 1 aromatic heterocycles. The minimum atomic E-state index is -4.00. The van der Waals surface area contributed by atoms with E-state index in [2.05, 4.69) is 25.0 Å². The van der Waals surface area contributed by atoms with Gasteiger partial charge in [0.05, 0.1) is 17.1 Å². The average Bonchev–Trinajstić information content (AvgIpc) is 3.54. The van der Waals surface area contributed by atoms with Gasteiger partial charge in [0, 0.05) is 29.6 Å². The number of amides is 1. The Kier molecular flexibility index (Phi) is 8.96. The molecule has 3 aromatic rings. The lowest BCUT2D eigenvalue weighted by atomic mass is 9.63. The molecular formula is C33H40ClN5O5S. The Morgan fingerprint density at radius 3 is 2.71 bits per heavy atom. The molecule has 240 valence electrons. The van der Waals surface area contributed by atoms with E-state index >= 15 is 0 Å². The number of halogens is 1. The highest BCUT2D eigenvalue weighted by Crippen LogP contribution is 2.48. The first-order valence-electron chi connectivity index (χ1n) is 15.7. The van der Waals surface area contributed by atoms with Gasteiger partial charge in [-0.1, -0.05) is 36.7 Å². The van der Waals surface area contributed by atoms with Gasteiger partial charge < -0.3 is 14.7 Å². The number of carbonyl (C=O) groups is 1. The quantitative estimate of drug-likeness (QED) is 0.307. The molecule has 3 aliphatic rings. The van der Waals surface area contributed by atoms with Gasteiger partial charge in [-0.15, -0.1) is 0 Å². The zero-order chi connectivity index (χ0) is 31.8. The molecule has 1 saturated carbocycles. The second kappa shape index (κ2) is 12.8. The molecule has 2 bridgehead atoms. The van der Waals surface area contributed by atoms with Crippen LogP contribution in [0.3, 0.4) is 0 Å². The number of allylic oxidation sites excluding steroid dienone is 1. The third kappa shape index (κ3) is 6.48. The van der Waals surface area contributed by atoms with Crippen molar-refractivity contribution in [1.82, 2.24) is 20.1 Å². The van der Waals surface area contributed by atoms with Gasteiger partial charge in [-0.05, 0) is 98.7 Å². The molecule has 5 atom stereocenters. The summed E-state index contributed by atoms with van der Waals surface area (Å²) in [4.78, 5) is 15.6. The summed E-state index contributed by atoms with van der Waals surface area (Å²) in [6.45, 7) is 5.05. The molecule has 1 amide bonds. The number of fused-ring (bicyclic) bond motifs is 3. The number of hydrogen-bond acceptors (Lipinski definition) is 8. The lowest BCUT2D eigenvalue weighted by Gasteiger charge is -2.47. The summed E-state index contributed by atoms with van der Waals surface area (Å²) in [5, 5.41) is 22.9. The fourth-order valence-corrected chi connectivity index (χ4v) is 8.24. The molecule has 45 heavy (non-hydrogen) atoms. The minimum Gasteiger partial charge on any atom is -0.487 e. The number of nitrogens with one attached hydrogen (secondary N) is 2. The number of aromatic amines is 1. The summed E-state index contributed by atoms with van der Waals surface area (Å²) in [6.07, 6.45) is 9.90. The van der Waals surface area contributed by atoms with Crippen molar-refractivity contribution in [3.05, 3.63) is 82.2 Å². The summed E-state index contributed by atoms with van der Waals surface area (Å²) >= 11 is 6.33. The second-order valence-electron chi connectivity index (χ2n) is 12.7. The van der Waals surface area contributed by atoms with Crippen molar-refractivity contribution in [2.45, 2.75) is 69.8 Å². The number of ether oxygens (including phenoxy) is 1. The molecular weight excluding hydrogens is 614 g/mol. The summed E-state index contributed by atoms with van der Waals surface area (Å²) in [5.74, 6) is -0.415. The van der Waals surface area contributed by atoms with E-state index in [0.717, 1.165) is 48.9 Å². The molecule has 1 aliphatic carbocycles. The average molecular weight is 654 g/mol. The molecule has 10 nitrogen and oxygen atoms in total. The van der Waals surface area contributed by atoms with Crippen molar-refractivity contribution >= 4 is 33.2 Å². The van der Waals surface area contributed by atoms with E-state index in [1.807, 2.05) is 31.2 Å². The zero-order valence-corrected chi connectivity index (χ0v) is 27.2. The summed E-state index contributed by atoms with van der Waals surface area (Å²) in [6, 6.07) is 10.9. The molecule has 0 radical (unpaired) electrons. The Balaban J connectivity index is 1.43. The van der Waals surface area contributed by atoms with Gasteiger partial charge in [0.25, 0.3) is 5.91 Å². The van der Waals surface area contributed by atoms with Crippen molar-refractivity contribution < 1.29 is 23.1 Å². The normalized spacial score (nSPS) is 29.5. The summed E-state index contributed by atoms with van der Waals surface area (Å²) in [7, 11) is -4.00. The molecule has 6 rings (SSSR count). The van der Waals surface area contributed by atoms with Crippen LogP contribution in [0.5, 0.6) is 5.75 Å². The van der Waals surface area contributed by atoms with E-state index in [1.165, 1.54) is 0 Å². The monoisotopic (exact) mass is 653 g/mol. The number of rotatable bonds is 1. The van der Waals surface area contributed by atoms with Gasteiger partial charge >= 0.3 is 0 Å². The number of aryl methyl sites for hydroxylation is 1. The Bertz CT molecular complexity index is 1680. The van der Waals surface area contributed by atoms with Crippen LogP contribution in [0.15, 0.2) is 54.7 Å². The Morgan fingerprint density at radius 2 is 1.96 bits per heavy atom. The topological polar surface area (TPSA) is 138 Å². The number of benzene rings is 2. The first kappa shape index (κ1) is 31.6. The highest BCUT2D eigenvalue weighted by atomic mass is 35.5. The van der Waals surface area contributed by atoms with Gasteiger partial charge in [-0.25, -0.2) is 13.1 Å². The molecule has 0 saturated heterocycles. The third-order valence-electron chi connectivity index (χ3n) is 9.91. The molecule has 1 fully saturated rings. The number of aliphatic hydroxyl groups is 1. The minimum absolute atomic E-state index is 0.118. The standard InChI is InChI=1S/C33H40ClN5O5S/c1-21-6-5-14-33(41,31-18-35-38-36-31)28-12-9-25(28)19-39-15-4-3-7-23-16-27(34)11-8-26(23)20-44-30-13-10-24(17-29(30)39)32(40)37-45(42,43)22(21)2/h5,8,10-11,13-14,16-18,21-22,25,28,41H,3-4,6-7,9,12,15,19-20H2,1-2H3,(H,37,40)(H,35,36,38)/b14-5+/t21-,22+,25-,28+,33-/m0/s1. The Hall–Kier alpha value is -3.41. The van der Waals surface area contributed by atoms with Crippen molar-refractivity contribution in [3.8, 4) is 5.75 Å². The molecule has 12 heteroatoms. The number of sulfonamides is 1.